The molecule has 1 aliphatic heterocycles. The average Bonchev–Trinajstić information content (AvgIpc) is 3.15. The summed E-state index contributed by atoms with van der Waals surface area (Å²) in [6.07, 6.45) is 4.74. The normalized spacial score (nSPS) is 13.0. The van der Waals surface area contributed by atoms with Gasteiger partial charge in [-0.15, -0.1) is 0 Å². The summed E-state index contributed by atoms with van der Waals surface area (Å²) in [4.78, 5) is 7.90. The molecule has 0 unspecified atom stereocenters. The molecule has 108 valence electrons. The molecule has 4 aromatic rings. The Bertz CT molecular complexity index is 1030. The van der Waals surface area contributed by atoms with Gasteiger partial charge in [0.1, 0.15) is 11.5 Å². The van der Waals surface area contributed by atoms with Crippen LogP contribution in [-0.4, -0.2) is 21.5 Å². The number of ether oxygens (including phenoxy) is 2. The Balaban J connectivity index is 1.75. The molecule has 5 nitrogen and oxygen atoms in total. The molecule has 0 radical (unpaired) electrons. The molecule has 5 rings (SSSR count). The predicted molar refractivity (Wildman–Crippen MR) is 82.9 cm³/mol. The van der Waals surface area contributed by atoms with Gasteiger partial charge in [-0.1, -0.05) is 0 Å². The maximum Gasteiger partial charge on any atom is 0.241 e. The van der Waals surface area contributed by atoms with Gasteiger partial charge in [0.25, 0.3) is 0 Å². The van der Waals surface area contributed by atoms with Gasteiger partial charge in [0.05, 0.1) is 18.3 Å². The van der Waals surface area contributed by atoms with Crippen LogP contribution in [0.3, 0.4) is 0 Å². The van der Waals surface area contributed by atoms with Crippen LogP contribution in [-0.2, 0) is 6.42 Å². The van der Waals surface area contributed by atoms with E-state index >= 15 is 0 Å². The number of benzene rings is 1. The molecule has 0 bridgehead atoms. The predicted octanol–water partition coefficient (Wildman–Crippen LogP) is 3.52. The molecule has 3 aromatic heterocycles. The molecule has 1 N–H and O–H groups in total. The van der Waals surface area contributed by atoms with E-state index in [1.165, 1.54) is 0 Å². The highest BCUT2D eigenvalue weighted by Gasteiger charge is 2.23. The molecule has 0 spiro atoms. The van der Waals surface area contributed by atoms with E-state index in [1.807, 2.05) is 36.7 Å². The van der Waals surface area contributed by atoms with E-state index in [4.69, 9.17) is 9.47 Å². The van der Waals surface area contributed by atoms with Gasteiger partial charge in [0.2, 0.25) is 5.88 Å². The van der Waals surface area contributed by atoms with Crippen LogP contribution >= 0.6 is 0 Å². The third-order valence-corrected chi connectivity index (χ3v) is 4.22. The lowest BCUT2D eigenvalue weighted by Gasteiger charge is -2.17. The van der Waals surface area contributed by atoms with Gasteiger partial charge in [-0.25, -0.2) is 0 Å². The van der Waals surface area contributed by atoms with Crippen molar-refractivity contribution in [3.05, 3.63) is 54.0 Å². The van der Waals surface area contributed by atoms with E-state index < -0.39 is 0 Å². The highest BCUT2D eigenvalue weighted by atomic mass is 16.5. The van der Waals surface area contributed by atoms with E-state index in [9.17, 15) is 0 Å². The quantitative estimate of drug-likeness (QED) is 0.514. The van der Waals surface area contributed by atoms with Crippen LogP contribution in [0.15, 0.2) is 42.7 Å². The van der Waals surface area contributed by atoms with E-state index in [-0.39, 0.29) is 0 Å². The number of aromatic nitrogens is 3. The Labute approximate surface area is 126 Å². The third kappa shape index (κ3) is 1.45. The Morgan fingerprint density at radius 1 is 1.27 bits per heavy atom. The number of methoxy groups -OCH3 is 1. The molecule has 0 amide bonds. The number of hydrogen-bond donors (Lipinski definition) is 1. The van der Waals surface area contributed by atoms with Crippen LogP contribution in [0.5, 0.6) is 17.4 Å². The largest absolute Gasteiger partial charge is 0.497 e. The number of nitrogens with zero attached hydrogens (tertiary/aromatic N) is 2. The van der Waals surface area contributed by atoms with Crippen molar-refractivity contribution in [1.82, 2.24) is 14.4 Å². The average molecular weight is 291 g/mol. The van der Waals surface area contributed by atoms with E-state index in [0.717, 1.165) is 45.7 Å². The summed E-state index contributed by atoms with van der Waals surface area (Å²) in [5, 5.41) is 1.10. The van der Waals surface area contributed by atoms with E-state index in [0.29, 0.717) is 5.88 Å². The molecule has 1 aromatic carbocycles. The van der Waals surface area contributed by atoms with Gasteiger partial charge in [0.15, 0.2) is 5.65 Å². The van der Waals surface area contributed by atoms with Crippen molar-refractivity contribution >= 4 is 16.6 Å². The van der Waals surface area contributed by atoms with Crippen LogP contribution in [0.25, 0.3) is 16.6 Å². The summed E-state index contributed by atoms with van der Waals surface area (Å²) in [5.74, 6) is 2.38. The van der Waals surface area contributed by atoms with Crippen molar-refractivity contribution in [3.8, 4) is 17.4 Å². The van der Waals surface area contributed by atoms with Gasteiger partial charge >= 0.3 is 0 Å². The standard InChI is InChI=1S/C17H13N3O2/c1-21-11-2-3-15-10(8-11)9-14-17(22-15)19-16-12-4-6-18-13(12)5-7-20(14)16/h2-8,18H,9H2,1H3. The topological polar surface area (TPSA) is 51.5 Å². The number of nitrogens with one attached hydrogen (secondary N) is 1. The summed E-state index contributed by atoms with van der Waals surface area (Å²) >= 11 is 0. The fourth-order valence-corrected chi connectivity index (χ4v) is 3.11. The minimum absolute atomic E-state index is 0.686. The van der Waals surface area contributed by atoms with Crippen molar-refractivity contribution in [2.24, 2.45) is 0 Å². The minimum atomic E-state index is 0.686. The number of H-pyrrole nitrogens is 1. The summed E-state index contributed by atoms with van der Waals surface area (Å²) in [7, 11) is 1.67. The summed E-state index contributed by atoms with van der Waals surface area (Å²) in [5.41, 5.74) is 4.18. The van der Waals surface area contributed by atoms with Gasteiger partial charge in [0, 0.05) is 29.8 Å². The van der Waals surface area contributed by atoms with Gasteiger partial charge in [-0.05, 0) is 30.3 Å². The fourth-order valence-electron chi connectivity index (χ4n) is 3.11. The zero-order chi connectivity index (χ0) is 14.7. The lowest BCUT2D eigenvalue weighted by molar-refractivity contribution is 0.408. The van der Waals surface area contributed by atoms with E-state index in [1.54, 1.807) is 7.11 Å². The highest BCUT2D eigenvalue weighted by molar-refractivity contribution is 5.92. The Hall–Kier alpha value is -2.95. The molecule has 1 aliphatic rings. The Morgan fingerprint density at radius 3 is 3.14 bits per heavy atom. The number of hydrogen-bond acceptors (Lipinski definition) is 3. The Kier molecular flexibility index (Phi) is 2.14. The lowest BCUT2D eigenvalue weighted by Crippen LogP contribution is -2.04. The van der Waals surface area contributed by atoms with Gasteiger partial charge in [-0.3, -0.25) is 4.40 Å². The zero-order valence-electron chi connectivity index (χ0n) is 12.0. The SMILES string of the molecule is COc1ccc2c(c1)Cc1c(nc3c4cc[nH]c4ccn13)O2. The summed E-state index contributed by atoms with van der Waals surface area (Å²) in [6.45, 7) is 0. The van der Waals surface area contributed by atoms with Crippen LogP contribution in [0.1, 0.15) is 11.3 Å². The van der Waals surface area contributed by atoms with Crippen molar-refractivity contribution in [2.75, 3.05) is 7.11 Å². The fraction of sp³-hybridized carbons (Fsp3) is 0.118. The maximum absolute atomic E-state index is 5.99. The number of fused-ring (bicyclic) bond motifs is 6. The number of rotatable bonds is 1. The second kappa shape index (κ2) is 4.04. The minimum Gasteiger partial charge on any atom is -0.497 e. The first kappa shape index (κ1) is 11.7. The van der Waals surface area contributed by atoms with Crippen molar-refractivity contribution in [1.29, 1.82) is 0 Å². The molecule has 4 heterocycles. The van der Waals surface area contributed by atoms with Gasteiger partial charge in [-0.2, -0.15) is 4.98 Å². The Morgan fingerprint density at radius 2 is 2.23 bits per heavy atom. The monoisotopic (exact) mass is 291 g/mol. The van der Waals surface area contributed by atoms with Crippen molar-refractivity contribution < 1.29 is 9.47 Å². The smallest absolute Gasteiger partial charge is 0.241 e. The van der Waals surface area contributed by atoms with Crippen LogP contribution in [0.2, 0.25) is 0 Å². The summed E-state index contributed by atoms with van der Waals surface area (Å²) in [6, 6.07) is 9.97. The molecule has 0 atom stereocenters. The second-order valence-corrected chi connectivity index (χ2v) is 5.43. The van der Waals surface area contributed by atoms with E-state index in [2.05, 4.69) is 20.4 Å². The first-order chi connectivity index (χ1) is 10.8. The first-order valence-corrected chi connectivity index (χ1v) is 7.15. The molecule has 5 heteroatoms. The highest BCUT2D eigenvalue weighted by Crippen LogP contribution is 2.38. The van der Waals surface area contributed by atoms with Crippen LogP contribution < -0.4 is 9.47 Å². The van der Waals surface area contributed by atoms with Crippen molar-refractivity contribution in [3.63, 3.8) is 0 Å². The number of aromatic amines is 1. The van der Waals surface area contributed by atoms with Crippen LogP contribution in [0.4, 0.5) is 0 Å². The molecule has 0 saturated heterocycles. The third-order valence-electron chi connectivity index (χ3n) is 4.22. The second-order valence-electron chi connectivity index (χ2n) is 5.43. The zero-order valence-corrected chi connectivity index (χ0v) is 12.0. The van der Waals surface area contributed by atoms with Crippen molar-refractivity contribution in [2.45, 2.75) is 6.42 Å². The molecule has 0 fully saturated rings. The summed E-state index contributed by atoms with van der Waals surface area (Å²) < 4.78 is 13.4. The number of pyridine rings is 1. The molecule has 0 saturated carbocycles. The molecule has 0 aliphatic carbocycles. The van der Waals surface area contributed by atoms with Gasteiger partial charge < -0.3 is 14.5 Å². The molecular weight excluding hydrogens is 278 g/mol. The number of imidazole rings is 1. The first-order valence-electron chi connectivity index (χ1n) is 7.15. The lowest BCUT2D eigenvalue weighted by atomic mass is 10.1. The maximum atomic E-state index is 5.99. The molecule has 22 heavy (non-hydrogen) atoms. The molecular formula is C17H13N3O2. The van der Waals surface area contributed by atoms with Crippen LogP contribution in [0, 0.1) is 0 Å².